The van der Waals surface area contributed by atoms with E-state index < -0.39 is 20.0 Å². The standard InChI is InChI=1S/C57H68N4O6S2/c1-48-32-36-54(37-33-48)68(64,65)60(46-50-24-10-6-11-25-50)44-22-20-42-58(56(62)52-28-14-8-15-29-52)40-18-4-3-5-19-41-59(57(63)53-30-16-9-17-31-53)43-21-23-45-61(47-51-26-12-7-13-27-51)69(66,67)55-38-34-49(2)35-39-55/h6-17,24-39H,3-5,18-23,40-47H2,1-2H3. The third-order valence-electron chi connectivity index (χ3n) is 12.4. The van der Waals surface area contributed by atoms with Gasteiger partial charge in [0.25, 0.3) is 11.8 Å². The molecule has 0 bridgehead atoms. The molecule has 6 rings (SSSR count). The van der Waals surface area contributed by atoms with Crippen LogP contribution in [0.3, 0.4) is 0 Å². The van der Waals surface area contributed by atoms with Gasteiger partial charge in [0.15, 0.2) is 0 Å². The Morgan fingerprint density at radius 3 is 0.957 bits per heavy atom. The Balaban J connectivity index is 1.01. The molecule has 0 unspecified atom stereocenters. The van der Waals surface area contributed by atoms with E-state index in [1.807, 2.05) is 169 Å². The maximum Gasteiger partial charge on any atom is 0.253 e. The largest absolute Gasteiger partial charge is 0.339 e. The highest BCUT2D eigenvalue weighted by molar-refractivity contribution is 7.89. The van der Waals surface area contributed by atoms with Gasteiger partial charge in [-0.3, -0.25) is 9.59 Å². The van der Waals surface area contributed by atoms with Crippen molar-refractivity contribution in [3.05, 3.63) is 203 Å². The van der Waals surface area contributed by atoms with E-state index >= 15 is 0 Å². The van der Waals surface area contributed by atoms with Crippen LogP contribution < -0.4 is 0 Å². The average Bonchev–Trinajstić information content (AvgIpc) is 3.37. The van der Waals surface area contributed by atoms with Crippen molar-refractivity contribution in [1.82, 2.24) is 18.4 Å². The van der Waals surface area contributed by atoms with Crippen molar-refractivity contribution in [3.63, 3.8) is 0 Å². The zero-order valence-electron chi connectivity index (χ0n) is 40.2. The molecule has 0 aliphatic heterocycles. The van der Waals surface area contributed by atoms with E-state index in [-0.39, 0.29) is 34.7 Å². The predicted molar refractivity (Wildman–Crippen MR) is 277 cm³/mol. The van der Waals surface area contributed by atoms with Crippen LogP contribution in [0.25, 0.3) is 0 Å². The summed E-state index contributed by atoms with van der Waals surface area (Å²) in [7, 11) is -7.50. The van der Waals surface area contributed by atoms with E-state index in [0.29, 0.717) is 76.1 Å². The third-order valence-corrected chi connectivity index (χ3v) is 16.1. The highest BCUT2D eigenvalue weighted by atomic mass is 32.2. The number of hydrogen-bond acceptors (Lipinski definition) is 6. The van der Waals surface area contributed by atoms with E-state index in [0.717, 1.165) is 54.4 Å². The summed E-state index contributed by atoms with van der Waals surface area (Å²) >= 11 is 0. The fraction of sp³-hybridized carbons (Fsp3) is 0.333. The summed E-state index contributed by atoms with van der Waals surface area (Å²) in [5.41, 5.74) is 5.07. The maximum absolute atomic E-state index is 13.9. The van der Waals surface area contributed by atoms with Crippen molar-refractivity contribution in [3.8, 4) is 0 Å². The monoisotopic (exact) mass is 968 g/mol. The van der Waals surface area contributed by atoms with Crippen LogP contribution in [0.2, 0.25) is 0 Å². The molecule has 2 amide bonds. The molecular formula is C57H68N4O6S2. The lowest BCUT2D eigenvalue weighted by Crippen LogP contribution is -2.35. The van der Waals surface area contributed by atoms with Crippen LogP contribution in [0.15, 0.2) is 180 Å². The molecule has 0 fully saturated rings. The number of carbonyl (C=O) groups is 2. The molecule has 364 valence electrons. The number of nitrogens with zero attached hydrogens (tertiary/aromatic N) is 4. The Morgan fingerprint density at radius 1 is 0.348 bits per heavy atom. The SMILES string of the molecule is Cc1ccc(S(=O)(=O)N(CCCCN(CCCCCCCN(CCCCN(Cc2ccccc2)S(=O)(=O)c2ccc(C)cc2)C(=O)c2ccccc2)C(=O)c2ccccc2)Cc2ccccc2)cc1. The number of rotatable bonds is 28. The van der Waals surface area contributed by atoms with E-state index in [4.69, 9.17) is 0 Å². The third kappa shape index (κ3) is 16.1. The number of amides is 2. The van der Waals surface area contributed by atoms with Crippen molar-refractivity contribution in [2.45, 2.75) is 94.5 Å². The molecule has 69 heavy (non-hydrogen) atoms. The lowest BCUT2D eigenvalue weighted by molar-refractivity contribution is 0.0744. The molecule has 12 heteroatoms. The number of unbranched alkanes of at least 4 members (excludes halogenated alkanes) is 6. The van der Waals surface area contributed by atoms with Crippen molar-refractivity contribution < 1.29 is 26.4 Å². The highest BCUT2D eigenvalue weighted by Crippen LogP contribution is 2.23. The molecule has 6 aromatic rings. The number of aryl methyl sites for hydroxylation is 2. The Hall–Kier alpha value is -5.92. The molecule has 0 aliphatic rings. The summed E-state index contributed by atoms with van der Waals surface area (Å²) in [6.45, 7) is 7.23. The zero-order chi connectivity index (χ0) is 48.9. The van der Waals surface area contributed by atoms with Gasteiger partial charge < -0.3 is 9.80 Å². The molecule has 0 heterocycles. The smallest absolute Gasteiger partial charge is 0.253 e. The average molecular weight is 969 g/mol. The van der Waals surface area contributed by atoms with Gasteiger partial charge in [0.1, 0.15) is 0 Å². The number of carbonyl (C=O) groups excluding carboxylic acids is 2. The Morgan fingerprint density at radius 2 is 0.623 bits per heavy atom. The van der Waals surface area contributed by atoms with Crippen LogP contribution in [-0.2, 0) is 33.1 Å². The van der Waals surface area contributed by atoms with E-state index in [9.17, 15) is 26.4 Å². The van der Waals surface area contributed by atoms with Crippen LogP contribution in [-0.4, -0.2) is 86.3 Å². The molecule has 0 atom stereocenters. The van der Waals surface area contributed by atoms with Gasteiger partial charge in [-0.05, 0) is 112 Å². The number of sulfonamides is 2. The van der Waals surface area contributed by atoms with Crippen molar-refractivity contribution in [2.24, 2.45) is 0 Å². The first-order chi connectivity index (χ1) is 33.4. The minimum Gasteiger partial charge on any atom is -0.339 e. The van der Waals surface area contributed by atoms with Gasteiger partial charge in [0.2, 0.25) is 20.0 Å². The van der Waals surface area contributed by atoms with Gasteiger partial charge in [-0.2, -0.15) is 8.61 Å². The van der Waals surface area contributed by atoms with Gasteiger partial charge in [-0.25, -0.2) is 16.8 Å². The van der Waals surface area contributed by atoms with Gasteiger partial charge in [-0.1, -0.05) is 152 Å². The molecule has 0 saturated heterocycles. The van der Waals surface area contributed by atoms with Crippen LogP contribution in [0.1, 0.15) is 101 Å². The molecule has 0 aliphatic carbocycles. The normalized spacial score (nSPS) is 11.8. The summed E-state index contributed by atoms with van der Waals surface area (Å²) < 4.78 is 58.6. The fourth-order valence-electron chi connectivity index (χ4n) is 8.33. The van der Waals surface area contributed by atoms with Gasteiger partial charge in [-0.15, -0.1) is 0 Å². The van der Waals surface area contributed by atoms with Crippen LogP contribution >= 0.6 is 0 Å². The highest BCUT2D eigenvalue weighted by Gasteiger charge is 2.26. The first-order valence-corrected chi connectivity index (χ1v) is 27.2. The summed E-state index contributed by atoms with van der Waals surface area (Å²) in [5, 5.41) is 0. The zero-order valence-corrected chi connectivity index (χ0v) is 41.9. The summed E-state index contributed by atoms with van der Waals surface area (Å²) in [6.07, 6.45) is 6.88. The number of hydrogen-bond donors (Lipinski definition) is 0. The minimum absolute atomic E-state index is 0.0324. The number of benzene rings is 6. The second-order valence-electron chi connectivity index (χ2n) is 17.8. The van der Waals surface area contributed by atoms with E-state index in [1.165, 1.54) is 0 Å². The predicted octanol–water partition coefficient (Wildman–Crippen LogP) is 11.2. The van der Waals surface area contributed by atoms with Crippen LogP contribution in [0.5, 0.6) is 0 Å². The van der Waals surface area contributed by atoms with Crippen LogP contribution in [0.4, 0.5) is 0 Å². The Kier molecular flexibility index (Phi) is 20.3. The topological polar surface area (TPSA) is 115 Å². The maximum atomic E-state index is 13.9. The first kappa shape index (κ1) is 52.5. The Labute approximate surface area is 411 Å². The summed E-state index contributed by atoms with van der Waals surface area (Å²) in [5.74, 6) is -0.0648. The van der Waals surface area contributed by atoms with E-state index in [2.05, 4.69) is 0 Å². The molecule has 6 aromatic carbocycles. The van der Waals surface area contributed by atoms with Gasteiger partial charge in [0.05, 0.1) is 9.79 Å². The minimum atomic E-state index is -3.75. The molecule has 0 aromatic heterocycles. The van der Waals surface area contributed by atoms with Crippen molar-refractivity contribution in [2.75, 3.05) is 39.3 Å². The van der Waals surface area contributed by atoms with Gasteiger partial charge >= 0.3 is 0 Å². The molecule has 0 radical (unpaired) electrons. The lowest BCUT2D eigenvalue weighted by atomic mass is 10.1. The quantitative estimate of drug-likeness (QED) is 0.0452. The molecular weight excluding hydrogens is 901 g/mol. The second-order valence-corrected chi connectivity index (χ2v) is 21.6. The van der Waals surface area contributed by atoms with Gasteiger partial charge in [0, 0.05) is 63.5 Å². The molecule has 0 spiro atoms. The molecule has 10 nitrogen and oxygen atoms in total. The lowest BCUT2D eigenvalue weighted by Gasteiger charge is -2.25. The molecule has 0 N–H and O–H groups in total. The summed E-state index contributed by atoms with van der Waals surface area (Å²) in [6, 6.07) is 51.8. The summed E-state index contributed by atoms with van der Waals surface area (Å²) in [4.78, 5) is 32.0. The first-order valence-electron chi connectivity index (χ1n) is 24.3. The van der Waals surface area contributed by atoms with Crippen molar-refractivity contribution >= 4 is 31.9 Å². The Bertz CT molecular complexity index is 2500. The van der Waals surface area contributed by atoms with Crippen molar-refractivity contribution in [1.29, 1.82) is 0 Å². The van der Waals surface area contributed by atoms with Crippen LogP contribution in [0, 0.1) is 13.8 Å². The fourth-order valence-corrected chi connectivity index (χ4v) is 11.3. The second kappa shape index (κ2) is 26.7. The molecule has 0 saturated carbocycles. The van der Waals surface area contributed by atoms with E-state index in [1.54, 1.807) is 32.9 Å².